The van der Waals surface area contributed by atoms with Crippen LogP contribution in [0.4, 0.5) is 4.79 Å². The van der Waals surface area contributed by atoms with Crippen molar-refractivity contribution in [3.05, 3.63) is 38.9 Å². The molecule has 0 unspecified atom stereocenters. The van der Waals surface area contributed by atoms with Crippen molar-refractivity contribution in [2.24, 2.45) is 0 Å². The average molecular weight is 432 g/mol. The molecule has 1 aliphatic rings. The van der Waals surface area contributed by atoms with Gasteiger partial charge in [0.15, 0.2) is 11.5 Å². The third-order valence-corrected chi connectivity index (χ3v) is 5.13. The molecular formula is C14H12Br2N2O4. The number of carbonyl (C=O) groups is 2. The summed E-state index contributed by atoms with van der Waals surface area (Å²) in [4.78, 5) is 24.9. The Bertz CT molecular complexity index is 701. The second-order valence-electron chi connectivity index (χ2n) is 4.34. The first-order valence-electron chi connectivity index (χ1n) is 6.11. The molecular weight excluding hydrogens is 420 g/mol. The maximum absolute atomic E-state index is 12.1. The van der Waals surface area contributed by atoms with Crippen LogP contribution < -0.4 is 10.1 Å². The summed E-state index contributed by atoms with van der Waals surface area (Å²) in [7, 11) is 1.42. The molecule has 0 atom stereocenters. The summed E-state index contributed by atoms with van der Waals surface area (Å²) >= 11 is 6.55. The lowest BCUT2D eigenvalue weighted by molar-refractivity contribution is -0.122. The largest absolute Gasteiger partial charge is 0.503 e. The van der Waals surface area contributed by atoms with Crippen molar-refractivity contribution in [1.29, 1.82) is 0 Å². The SMILES string of the molecule is C=CCN1C(=O)N/C(=C/c2cc(OC)c(O)c(Br)c2Br)C1=O. The van der Waals surface area contributed by atoms with Crippen molar-refractivity contribution in [1.82, 2.24) is 10.2 Å². The summed E-state index contributed by atoms with van der Waals surface area (Å²) < 4.78 is 5.99. The van der Waals surface area contributed by atoms with Crippen molar-refractivity contribution >= 4 is 49.9 Å². The van der Waals surface area contributed by atoms with Crippen molar-refractivity contribution in [2.45, 2.75) is 0 Å². The maximum Gasteiger partial charge on any atom is 0.329 e. The van der Waals surface area contributed by atoms with Gasteiger partial charge in [0.2, 0.25) is 0 Å². The first-order valence-corrected chi connectivity index (χ1v) is 7.69. The molecule has 1 fully saturated rings. The lowest BCUT2D eigenvalue weighted by Crippen LogP contribution is -2.30. The first-order chi connectivity index (χ1) is 10.4. The number of halogens is 2. The Morgan fingerprint density at radius 1 is 1.41 bits per heavy atom. The molecule has 1 saturated heterocycles. The number of aromatic hydroxyl groups is 1. The normalized spacial score (nSPS) is 16.1. The Labute approximate surface area is 143 Å². The molecule has 0 bridgehead atoms. The van der Waals surface area contributed by atoms with E-state index in [-0.39, 0.29) is 23.7 Å². The lowest BCUT2D eigenvalue weighted by Gasteiger charge is -2.10. The average Bonchev–Trinajstić information content (AvgIpc) is 2.76. The highest BCUT2D eigenvalue weighted by molar-refractivity contribution is 9.13. The molecule has 1 aliphatic heterocycles. The van der Waals surface area contributed by atoms with E-state index in [0.29, 0.717) is 14.5 Å². The molecule has 1 aromatic carbocycles. The molecule has 3 amide bonds. The Morgan fingerprint density at radius 3 is 2.68 bits per heavy atom. The van der Waals surface area contributed by atoms with E-state index < -0.39 is 11.9 Å². The van der Waals surface area contributed by atoms with E-state index in [1.165, 1.54) is 19.3 Å². The zero-order valence-corrected chi connectivity index (χ0v) is 14.7. The molecule has 1 heterocycles. The molecule has 0 spiro atoms. The summed E-state index contributed by atoms with van der Waals surface area (Å²) in [5, 5.41) is 12.4. The number of carbonyl (C=O) groups excluding carboxylic acids is 2. The van der Waals surface area contributed by atoms with Crippen molar-refractivity contribution in [3.8, 4) is 11.5 Å². The highest BCUT2D eigenvalue weighted by atomic mass is 79.9. The summed E-state index contributed by atoms with van der Waals surface area (Å²) in [5.74, 6) is -0.270. The van der Waals surface area contributed by atoms with Crippen LogP contribution in [-0.4, -0.2) is 35.6 Å². The van der Waals surface area contributed by atoms with E-state index in [2.05, 4.69) is 43.8 Å². The number of ether oxygens (including phenoxy) is 1. The fraction of sp³-hybridized carbons (Fsp3) is 0.143. The molecule has 8 heteroatoms. The molecule has 2 N–H and O–H groups in total. The Morgan fingerprint density at radius 2 is 2.09 bits per heavy atom. The highest BCUT2D eigenvalue weighted by Crippen LogP contribution is 2.42. The van der Waals surface area contributed by atoms with Crippen molar-refractivity contribution in [3.63, 3.8) is 0 Å². The molecule has 22 heavy (non-hydrogen) atoms. The predicted molar refractivity (Wildman–Crippen MR) is 88.5 cm³/mol. The van der Waals surface area contributed by atoms with E-state index in [4.69, 9.17) is 4.74 Å². The first kappa shape index (κ1) is 16.6. The van der Waals surface area contributed by atoms with E-state index in [1.807, 2.05) is 0 Å². The van der Waals surface area contributed by atoms with Crippen LogP contribution in [0, 0.1) is 0 Å². The quantitative estimate of drug-likeness (QED) is 0.436. The van der Waals surface area contributed by atoms with Crippen LogP contribution in [0.5, 0.6) is 11.5 Å². The van der Waals surface area contributed by atoms with E-state index >= 15 is 0 Å². The van der Waals surface area contributed by atoms with Crippen LogP contribution in [0.3, 0.4) is 0 Å². The minimum Gasteiger partial charge on any atom is -0.503 e. The molecule has 6 nitrogen and oxygen atoms in total. The van der Waals surface area contributed by atoms with Crippen LogP contribution in [0.15, 0.2) is 33.4 Å². The van der Waals surface area contributed by atoms with Gasteiger partial charge in [0.1, 0.15) is 5.70 Å². The lowest BCUT2D eigenvalue weighted by atomic mass is 10.1. The Hall–Kier alpha value is -1.80. The van der Waals surface area contributed by atoms with Crippen LogP contribution in [0.2, 0.25) is 0 Å². The van der Waals surface area contributed by atoms with Gasteiger partial charge in [-0.05, 0) is 49.6 Å². The summed E-state index contributed by atoms with van der Waals surface area (Å²) in [5.41, 5.74) is 0.692. The standard InChI is InChI=1S/C14H12Br2N2O4/c1-3-4-18-13(20)8(17-14(18)21)5-7-6-9(22-2)12(19)11(16)10(7)15/h3,5-6,19H,1,4H2,2H3,(H,17,21)/b8-5+. The van der Waals surface area contributed by atoms with Gasteiger partial charge in [0.25, 0.3) is 5.91 Å². The highest BCUT2D eigenvalue weighted by Gasteiger charge is 2.32. The second-order valence-corrected chi connectivity index (χ2v) is 5.92. The molecule has 0 aliphatic carbocycles. The van der Waals surface area contributed by atoms with Crippen LogP contribution in [0.25, 0.3) is 6.08 Å². The van der Waals surface area contributed by atoms with E-state index in [1.54, 1.807) is 6.07 Å². The van der Waals surface area contributed by atoms with Gasteiger partial charge in [-0.15, -0.1) is 6.58 Å². The number of nitrogens with one attached hydrogen (secondary N) is 1. The van der Waals surface area contributed by atoms with Crippen LogP contribution >= 0.6 is 31.9 Å². The van der Waals surface area contributed by atoms with Gasteiger partial charge in [-0.25, -0.2) is 4.79 Å². The third-order valence-electron chi connectivity index (χ3n) is 2.97. The number of amides is 3. The van der Waals surface area contributed by atoms with Gasteiger partial charge >= 0.3 is 6.03 Å². The van der Waals surface area contributed by atoms with Gasteiger partial charge in [0.05, 0.1) is 11.6 Å². The number of phenolic OH excluding ortho intramolecular Hbond substituents is 1. The summed E-state index contributed by atoms with van der Waals surface area (Å²) in [6.07, 6.45) is 2.97. The van der Waals surface area contributed by atoms with E-state index in [9.17, 15) is 14.7 Å². The molecule has 116 valence electrons. The van der Waals surface area contributed by atoms with Gasteiger partial charge < -0.3 is 15.2 Å². The maximum atomic E-state index is 12.1. The number of imide groups is 1. The molecule has 0 aromatic heterocycles. The predicted octanol–water partition coefficient (Wildman–Crippen LogP) is 3.00. The molecule has 2 rings (SSSR count). The minimum atomic E-state index is -0.503. The zero-order valence-electron chi connectivity index (χ0n) is 11.5. The number of urea groups is 1. The number of hydrogen-bond acceptors (Lipinski definition) is 4. The van der Waals surface area contributed by atoms with Gasteiger partial charge in [-0.2, -0.15) is 0 Å². The van der Waals surface area contributed by atoms with E-state index in [0.717, 1.165) is 4.90 Å². The third kappa shape index (κ3) is 2.89. The Kier molecular flexibility index (Phi) is 4.92. The second kappa shape index (κ2) is 6.53. The number of nitrogens with zero attached hydrogens (tertiary/aromatic N) is 1. The van der Waals surface area contributed by atoms with Crippen LogP contribution in [-0.2, 0) is 4.79 Å². The van der Waals surface area contributed by atoms with Crippen molar-refractivity contribution < 1.29 is 19.4 Å². The summed E-state index contributed by atoms with van der Waals surface area (Å²) in [6, 6.07) is 1.05. The fourth-order valence-corrected chi connectivity index (χ4v) is 2.74. The number of benzene rings is 1. The topological polar surface area (TPSA) is 78.9 Å². The van der Waals surface area contributed by atoms with Gasteiger partial charge in [-0.3, -0.25) is 9.69 Å². The fourth-order valence-electron chi connectivity index (χ4n) is 1.89. The minimum absolute atomic E-state index is 0.0633. The van der Waals surface area contributed by atoms with Gasteiger partial charge in [-0.1, -0.05) is 6.08 Å². The van der Waals surface area contributed by atoms with Gasteiger partial charge in [0, 0.05) is 11.0 Å². The molecule has 0 radical (unpaired) electrons. The van der Waals surface area contributed by atoms with Crippen molar-refractivity contribution in [2.75, 3.05) is 13.7 Å². The van der Waals surface area contributed by atoms with Crippen LogP contribution in [0.1, 0.15) is 5.56 Å². The number of phenols is 1. The number of methoxy groups -OCH3 is 1. The number of rotatable bonds is 4. The molecule has 1 aromatic rings. The molecule has 0 saturated carbocycles. The zero-order chi connectivity index (χ0) is 16.4. The number of hydrogen-bond donors (Lipinski definition) is 2. The monoisotopic (exact) mass is 430 g/mol. The smallest absolute Gasteiger partial charge is 0.329 e. The Balaban J connectivity index is 2.46. The summed E-state index contributed by atoms with van der Waals surface area (Å²) in [6.45, 7) is 3.64.